The van der Waals surface area contributed by atoms with Gasteiger partial charge in [0.1, 0.15) is 5.39 Å². The molecule has 206 valence electrons. The number of aromatic nitrogens is 3. The van der Waals surface area contributed by atoms with E-state index in [9.17, 15) is 33.1 Å². The predicted octanol–water partition coefficient (Wildman–Crippen LogP) is 3.34. The molecule has 2 atom stereocenters. The highest BCUT2D eigenvalue weighted by Gasteiger charge is 2.57. The first-order valence-electron chi connectivity index (χ1n) is 12.5. The molecule has 3 N–H and O–H groups in total. The Labute approximate surface area is 221 Å². The number of rotatable bonds is 5. The molecule has 13 heteroatoms. The number of nitrogens with zero attached hydrogens (tertiary/aromatic N) is 4. The number of aromatic amines is 1. The van der Waals surface area contributed by atoms with Crippen molar-refractivity contribution in [2.45, 2.75) is 49.9 Å². The van der Waals surface area contributed by atoms with Crippen LogP contribution in [0, 0.1) is 18.3 Å². The summed E-state index contributed by atoms with van der Waals surface area (Å²) in [6.07, 6.45) is -2.36. The van der Waals surface area contributed by atoms with Crippen LogP contribution in [0.5, 0.6) is 0 Å². The number of carbonyl (C=O) groups excluding carboxylic acids is 1. The molecule has 0 unspecified atom stereocenters. The van der Waals surface area contributed by atoms with Crippen LogP contribution in [0.3, 0.4) is 0 Å². The average Bonchev–Trinajstić information content (AvgIpc) is 3.47. The number of H-pyrrole nitrogens is 1. The van der Waals surface area contributed by atoms with Crippen LogP contribution < -0.4 is 10.9 Å². The third-order valence-electron chi connectivity index (χ3n) is 7.54. The van der Waals surface area contributed by atoms with Gasteiger partial charge in [0, 0.05) is 37.0 Å². The van der Waals surface area contributed by atoms with Gasteiger partial charge in [-0.2, -0.15) is 23.5 Å². The molecule has 1 amide bonds. The van der Waals surface area contributed by atoms with E-state index < -0.39 is 36.2 Å². The lowest BCUT2D eigenvalue weighted by Gasteiger charge is -2.35. The second-order valence-electron chi connectivity index (χ2n) is 10.2. The molecule has 3 aromatic rings. The zero-order valence-electron chi connectivity index (χ0n) is 21.1. The van der Waals surface area contributed by atoms with Crippen LogP contribution in [0.25, 0.3) is 10.9 Å². The number of benzene rings is 1. The van der Waals surface area contributed by atoms with Crippen LogP contribution in [0.2, 0.25) is 0 Å². The van der Waals surface area contributed by atoms with Crippen LogP contribution >= 0.6 is 0 Å². The summed E-state index contributed by atoms with van der Waals surface area (Å²) in [4.78, 5) is 29.5. The lowest BCUT2D eigenvalue weighted by Crippen LogP contribution is -2.48. The highest BCUT2D eigenvalue weighted by atomic mass is 19.4. The summed E-state index contributed by atoms with van der Waals surface area (Å²) in [5.41, 5.74) is -2.30. The molecule has 10 nitrogen and oxygen atoms in total. The summed E-state index contributed by atoms with van der Waals surface area (Å²) >= 11 is 0. The monoisotopic (exact) mass is 544 g/mol. The normalized spacial score (nSPS) is 23.6. The predicted molar refractivity (Wildman–Crippen MR) is 135 cm³/mol. The summed E-state index contributed by atoms with van der Waals surface area (Å²) < 4.78 is 47.0. The Morgan fingerprint density at radius 2 is 2.13 bits per heavy atom. The van der Waals surface area contributed by atoms with Crippen molar-refractivity contribution in [2.75, 3.05) is 31.6 Å². The van der Waals surface area contributed by atoms with Gasteiger partial charge in [-0.25, -0.2) is 0 Å². The second-order valence-corrected chi connectivity index (χ2v) is 10.2. The molecular weight excluding hydrogens is 517 g/mol. The quantitative estimate of drug-likeness (QED) is 0.448. The number of alkyl halides is 3. The third-order valence-corrected chi connectivity index (χ3v) is 7.54. The number of nitrogens with one attached hydrogen (secondary N) is 2. The number of hydrogen-bond donors (Lipinski definition) is 3. The Hall–Kier alpha value is -3.89. The maximum Gasteiger partial charge on any atom is 0.419 e. The number of likely N-dealkylation sites (tertiary alicyclic amines) is 1. The van der Waals surface area contributed by atoms with E-state index in [1.54, 1.807) is 29.8 Å². The topological polar surface area (TPSA) is 136 Å². The number of halogens is 3. The summed E-state index contributed by atoms with van der Waals surface area (Å²) in [6.45, 7) is 1.47. The van der Waals surface area contributed by atoms with E-state index in [0.29, 0.717) is 35.2 Å². The number of amides is 1. The van der Waals surface area contributed by atoms with Crippen molar-refractivity contribution in [1.82, 2.24) is 19.7 Å². The maximum absolute atomic E-state index is 13.2. The van der Waals surface area contributed by atoms with E-state index in [1.165, 1.54) is 12.3 Å². The summed E-state index contributed by atoms with van der Waals surface area (Å²) in [5.74, 6) is -0.357. The second kappa shape index (κ2) is 9.69. The molecule has 0 spiro atoms. The van der Waals surface area contributed by atoms with Gasteiger partial charge in [0.15, 0.2) is 11.4 Å². The lowest BCUT2D eigenvalue weighted by atomic mass is 9.89. The molecule has 2 saturated heterocycles. The number of ether oxygens (including phenoxy) is 1. The number of aliphatic hydroxyl groups is 1. The van der Waals surface area contributed by atoms with E-state index in [-0.39, 0.29) is 36.5 Å². The number of carbonyl (C=O) groups is 1. The van der Waals surface area contributed by atoms with Gasteiger partial charge in [-0.1, -0.05) is 0 Å². The van der Waals surface area contributed by atoms with E-state index in [2.05, 4.69) is 16.4 Å². The number of hydrogen-bond acceptors (Lipinski definition) is 7. The van der Waals surface area contributed by atoms with Gasteiger partial charge in [0.05, 0.1) is 36.7 Å². The number of aryl methyl sites for hydroxylation is 1. The van der Waals surface area contributed by atoms with E-state index >= 15 is 0 Å². The minimum absolute atomic E-state index is 0.145. The molecule has 0 saturated carbocycles. The van der Waals surface area contributed by atoms with Crippen LogP contribution in [-0.4, -0.2) is 68.8 Å². The molecule has 5 rings (SSSR count). The largest absolute Gasteiger partial charge is 0.419 e. The van der Waals surface area contributed by atoms with Crippen LogP contribution in [0.4, 0.5) is 24.7 Å². The Kier molecular flexibility index (Phi) is 6.64. The van der Waals surface area contributed by atoms with Crippen molar-refractivity contribution in [3.05, 3.63) is 51.9 Å². The van der Waals surface area contributed by atoms with E-state index in [4.69, 9.17) is 9.84 Å². The van der Waals surface area contributed by atoms with Crippen molar-refractivity contribution in [1.29, 1.82) is 5.26 Å². The van der Waals surface area contributed by atoms with Gasteiger partial charge < -0.3 is 25.0 Å². The molecule has 39 heavy (non-hydrogen) atoms. The molecule has 2 fully saturated rings. The van der Waals surface area contributed by atoms with Crippen LogP contribution in [0.1, 0.15) is 41.6 Å². The summed E-state index contributed by atoms with van der Waals surface area (Å²) in [7, 11) is 0. The van der Waals surface area contributed by atoms with Gasteiger partial charge in [-0.15, -0.1) is 0 Å². The minimum Gasteiger partial charge on any atom is -0.379 e. The van der Waals surface area contributed by atoms with Gasteiger partial charge in [0.25, 0.3) is 11.5 Å². The Balaban J connectivity index is 1.45. The molecule has 0 bridgehead atoms. The minimum atomic E-state index is -4.83. The third kappa shape index (κ3) is 4.63. The fourth-order valence-electron chi connectivity index (χ4n) is 5.38. The Bertz CT molecular complexity index is 1520. The number of fused-ring (bicyclic) bond motifs is 1. The molecule has 1 aromatic carbocycles. The molecule has 0 aliphatic carbocycles. The number of anilines is 2. The van der Waals surface area contributed by atoms with Crippen molar-refractivity contribution in [3.8, 4) is 6.07 Å². The lowest BCUT2D eigenvalue weighted by molar-refractivity contribution is -0.253. The van der Waals surface area contributed by atoms with Gasteiger partial charge in [-0.3, -0.25) is 14.3 Å². The first-order chi connectivity index (χ1) is 18.5. The maximum atomic E-state index is 13.2. The molecule has 2 aliphatic heterocycles. The molecule has 2 aromatic heterocycles. The highest BCUT2D eigenvalue weighted by molar-refractivity contribution is 5.97. The smallest absolute Gasteiger partial charge is 0.379 e. The zero-order chi connectivity index (χ0) is 28.0. The van der Waals surface area contributed by atoms with Gasteiger partial charge >= 0.3 is 6.18 Å². The highest BCUT2D eigenvalue weighted by Crippen LogP contribution is 2.39. The van der Waals surface area contributed by atoms with Crippen LogP contribution in [0.15, 0.2) is 35.3 Å². The van der Waals surface area contributed by atoms with Gasteiger partial charge in [0.2, 0.25) is 0 Å². The zero-order valence-corrected chi connectivity index (χ0v) is 21.1. The Morgan fingerprint density at radius 1 is 1.33 bits per heavy atom. The summed E-state index contributed by atoms with van der Waals surface area (Å²) in [6, 6.07) is 8.62. The first kappa shape index (κ1) is 26.7. The van der Waals surface area contributed by atoms with E-state index in [1.807, 2.05) is 0 Å². The van der Waals surface area contributed by atoms with E-state index in [0.717, 1.165) is 11.3 Å². The van der Waals surface area contributed by atoms with Crippen molar-refractivity contribution in [3.63, 3.8) is 0 Å². The SMILES string of the molecule is Cc1cc(Nc2nn([C@]3(CC#N)CCCOC3)c3cc[nH]c(=O)c23)ccc1C(=O)N1CC[C@](O)(C(F)(F)F)C1. The molecule has 0 radical (unpaired) electrons. The Morgan fingerprint density at radius 3 is 2.77 bits per heavy atom. The van der Waals surface area contributed by atoms with Crippen molar-refractivity contribution < 1.29 is 27.8 Å². The molecule has 2 aliphatic rings. The van der Waals surface area contributed by atoms with Crippen molar-refractivity contribution in [2.24, 2.45) is 0 Å². The number of β-amino-alcohol motifs (C(OH)–C–C–N with tert-alkyl or cyclic N) is 1. The summed E-state index contributed by atoms with van der Waals surface area (Å²) in [5, 5.41) is 27.6. The fraction of sp³-hybridized carbons (Fsp3) is 0.462. The first-order valence-corrected chi connectivity index (χ1v) is 12.5. The average molecular weight is 545 g/mol. The van der Waals surface area contributed by atoms with Crippen LogP contribution in [-0.2, 0) is 10.3 Å². The molecule has 4 heterocycles. The molecular formula is C26H27F3N6O4. The fourth-order valence-corrected chi connectivity index (χ4v) is 5.38. The number of nitriles is 1. The van der Waals surface area contributed by atoms with Crippen molar-refractivity contribution >= 4 is 28.3 Å². The van der Waals surface area contributed by atoms with Gasteiger partial charge in [-0.05, 0) is 49.6 Å². The standard InChI is InChI=1S/C26H27F3N6O4/c1-16-13-17(3-4-18(16)23(37)34-11-8-25(38,14-34)26(27,28)29)32-21-20-19(5-10-31-22(20)36)35(33-21)24(7-9-30)6-2-12-39-15-24/h3-5,10,13,38H,2,6-8,11-12,14-15H2,1H3,(H,31,36)(H,32,33)/t24-,25+/m0/s1. The number of pyridine rings is 1.